The van der Waals surface area contributed by atoms with Gasteiger partial charge in [-0.05, 0) is 41.9 Å². The number of carboxylic acid groups (broad SMARTS) is 1. The van der Waals surface area contributed by atoms with Gasteiger partial charge in [0.05, 0.1) is 0 Å². The molecule has 0 bridgehead atoms. The number of carboxylic acids is 1. The molecule has 0 unspecified atom stereocenters. The normalized spacial score (nSPS) is 23.9. The molecule has 0 spiro atoms. The highest BCUT2D eigenvalue weighted by atomic mass is 16.5. The van der Waals surface area contributed by atoms with Crippen molar-refractivity contribution in [1.29, 1.82) is 0 Å². The molecule has 0 aromatic heterocycles. The summed E-state index contributed by atoms with van der Waals surface area (Å²) in [5.41, 5.74) is 3.92. The fourth-order valence-electron chi connectivity index (χ4n) is 3.57. The van der Waals surface area contributed by atoms with Crippen molar-refractivity contribution in [3.05, 3.63) is 34.9 Å². The first kappa shape index (κ1) is 16.0. The van der Waals surface area contributed by atoms with E-state index in [0.717, 1.165) is 6.42 Å². The molecule has 2 aliphatic rings. The number of ether oxygens (including phenoxy) is 1. The van der Waals surface area contributed by atoms with Gasteiger partial charge in [0.2, 0.25) is 0 Å². The van der Waals surface area contributed by atoms with E-state index < -0.39 is 18.2 Å². The van der Waals surface area contributed by atoms with Gasteiger partial charge in [0.15, 0.2) is 6.10 Å². The quantitative estimate of drug-likeness (QED) is 0.929. The fourth-order valence-corrected chi connectivity index (χ4v) is 3.57. The highest BCUT2D eigenvalue weighted by molar-refractivity contribution is 5.83. The second kappa shape index (κ2) is 6.32. The summed E-state index contributed by atoms with van der Waals surface area (Å²) in [6.45, 7) is 5.64. The highest BCUT2D eigenvalue weighted by Crippen LogP contribution is 2.29. The number of aliphatic carboxylic acids is 1. The Morgan fingerprint density at radius 2 is 2.00 bits per heavy atom. The minimum Gasteiger partial charge on any atom is -0.479 e. The summed E-state index contributed by atoms with van der Waals surface area (Å²) in [5.74, 6) is -0.582. The molecule has 0 saturated carbocycles. The average molecular weight is 317 g/mol. The van der Waals surface area contributed by atoms with Gasteiger partial charge in [-0.3, -0.25) is 4.79 Å². The van der Waals surface area contributed by atoms with Crippen molar-refractivity contribution in [1.82, 2.24) is 4.90 Å². The first-order valence-electron chi connectivity index (χ1n) is 8.25. The lowest BCUT2D eigenvalue weighted by molar-refractivity contribution is -0.155. The Bertz CT molecular complexity index is 625. The number of hydrogen-bond donors (Lipinski definition) is 1. The number of fused-ring (bicyclic) bond motifs is 1. The van der Waals surface area contributed by atoms with Gasteiger partial charge in [0.25, 0.3) is 5.91 Å². The lowest BCUT2D eigenvalue weighted by atomic mass is 9.89. The van der Waals surface area contributed by atoms with E-state index in [9.17, 15) is 9.59 Å². The maximum Gasteiger partial charge on any atom is 0.332 e. The lowest BCUT2D eigenvalue weighted by Crippen LogP contribution is -2.42. The number of benzene rings is 1. The zero-order valence-corrected chi connectivity index (χ0v) is 13.6. The second-order valence-electron chi connectivity index (χ2n) is 6.68. The van der Waals surface area contributed by atoms with Crippen LogP contribution in [0.3, 0.4) is 0 Å². The molecule has 1 aromatic carbocycles. The molecule has 1 aromatic rings. The van der Waals surface area contributed by atoms with Gasteiger partial charge in [0, 0.05) is 13.1 Å². The van der Waals surface area contributed by atoms with E-state index >= 15 is 0 Å². The van der Waals surface area contributed by atoms with Crippen molar-refractivity contribution in [2.24, 2.45) is 0 Å². The van der Waals surface area contributed by atoms with Crippen LogP contribution in [0.2, 0.25) is 0 Å². The van der Waals surface area contributed by atoms with Crippen LogP contribution in [-0.4, -0.2) is 40.6 Å². The van der Waals surface area contributed by atoms with Crippen molar-refractivity contribution < 1.29 is 19.4 Å². The minimum absolute atomic E-state index is 0.0747. The van der Waals surface area contributed by atoms with E-state index in [4.69, 9.17) is 9.84 Å². The van der Waals surface area contributed by atoms with E-state index in [-0.39, 0.29) is 5.91 Å². The van der Waals surface area contributed by atoms with Crippen LogP contribution >= 0.6 is 0 Å². The molecule has 23 heavy (non-hydrogen) atoms. The zero-order chi connectivity index (χ0) is 16.6. The average Bonchev–Trinajstić information content (AvgIpc) is 3.03. The van der Waals surface area contributed by atoms with Crippen LogP contribution < -0.4 is 0 Å². The maximum absolute atomic E-state index is 12.6. The van der Waals surface area contributed by atoms with Crippen molar-refractivity contribution in [3.8, 4) is 0 Å². The molecule has 1 amide bonds. The molecule has 1 N–H and O–H groups in total. The lowest BCUT2D eigenvalue weighted by Gasteiger charge is -2.32. The van der Waals surface area contributed by atoms with Gasteiger partial charge in [-0.15, -0.1) is 0 Å². The van der Waals surface area contributed by atoms with Crippen LogP contribution in [0.25, 0.3) is 0 Å². The van der Waals surface area contributed by atoms with Crippen molar-refractivity contribution >= 4 is 11.9 Å². The molecule has 2 aliphatic heterocycles. The van der Waals surface area contributed by atoms with Crippen molar-refractivity contribution in [2.75, 3.05) is 6.54 Å². The third-order valence-electron chi connectivity index (χ3n) is 4.81. The molecule has 0 aliphatic carbocycles. The molecular formula is C18H23NO4. The van der Waals surface area contributed by atoms with Gasteiger partial charge in [-0.1, -0.05) is 32.0 Å². The Kier molecular flexibility index (Phi) is 4.39. The Labute approximate surface area is 136 Å². The monoisotopic (exact) mass is 317 g/mol. The Morgan fingerprint density at radius 1 is 1.26 bits per heavy atom. The Morgan fingerprint density at radius 3 is 2.65 bits per heavy atom. The van der Waals surface area contributed by atoms with E-state index in [1.54, 1.807) is 4.90 Å². The van der Waals surface area contributed by atoms with Crippen LogP contribution in [0, 0.1) is 0 Å². The molecule has 124 valence electrons. The summed E-state index contributed by atoms with van der Waals surface area (Å²) >= 11 is 0. The summed E-state index contributed by atoms with van der Waals surface area (Å²) in [6, 6.07) is 6.30. The summed E-state index contributed by atoms with van der Waals surface area (Å²) in [7, 11) is 0. The summed E-state index contributed by atoms with van der Waals surface area (Å²) in [5, 5.41) is 8.99. The Balaban J connectivity index is 1.71. The van der Waals surface area contributed by atoms with Gasteiger partial charge in [-0.25, -0.2) is 4.79 Å². The van der Waals surface area contributed by atoms with Gasteiger partial charge in [0.1, 0.15) is 6.10 Å². The topological polar surface area (TPSA) is 66.8 Å². The largest absolute Gasteiger partial charge is 0.479 e. The molecule has 2 atom stereocenters. The van der Waals surface area contributed by atoms with Crippen LogP contribution in [-0.2, 0) is 27.3 Å². The summed E-state index contributed by atoms with van der Waals surface area (Å²) < 4.78 is 5.40. The number of hydrogen-bond acceptors (Lipinski definition) is 3. The molecule has 5 nitrogen and oxygen atoms in total. The Hall–Kier alpha value is -1.88. The SMILES string of the molecule is CC(C)c1cccc2c1CCN(C(=O)[C@@H]1CC[C@H](C(=O)O)O1)C2. The number of nitrogens with zero attached hydrogens (tertiary/aromatic N) is 1. The number of carbonyl (C=O) groups excluding carboxylic acids is 1. The van der Waals surface area contributed by atoms with E-state index in [1.165, 1.54) is 16.7 Å². The van der Waals surface area contributed by atoms with Crippen LogP contribution in [0.4, 0.5) is 0 Å². The standard InChI is InChI=1S/C18H23NO4/c1-11(2)13-5-3-4-12-10-19(9-8-14(12)13)17(20)15-6-7-16(23-15)18(21)22/h3-5,11,15-16H,6-10H2,1-2H3,(H,21,22)/t15-,16+/m0/s1. The summed E-state index contributed by atoms with van der Waals surface area (Å²) in [4.78, 5) is 25.4. The number of carbonyl (C=O) groups is 2. The van der Waals surface area contributed by atoms with E-state index in [2.05, 4.69) is 32.0 Å². The molecule has 0 radical (unpaired) electrons. The molecule has 1 fully saturated rings. The van der Waals surface area contributed by atoms with E-state index in [0.29, 0.717) is 31.8 Å². The number of rotatable bonds is 3. The van der Waals surface area contributed by atoms with Gasteiger partial charge < -0.3 is 14.7 Å². The van der Waals surface area contributed by atoms with Gasteiger partial charge in [-0.2, -0.15) is 0 Å². The van der Waals surface area contributed by atoms with Crippen LogP contribution in [0.1, 0.15) is 49.3 Å². The first-order chi connectivity index (χ1) is 11.0. The highest BCUT2D eigenvalue weighted by Gasteiger charge is 2.37. The van der Waals surface area contributed by atoms with Crippen LogP contribution in [0.15, 0.2) is 18.2 Å². The van der Waals surface area contributed by atoms with Crippen molar-refractivity contribution in [2.45, 2.75) is 57.8 Å². The molecule has 2 heterocycles. The fraction of sp³-hybridized carbons (Fsp3) is 0.556. The molecule has 3 rings (SSSR count). The van der Waals surface area contributed by atoms with Gasteiger partial charge >= 0.3 is 5.97 Å². The molecule has 5 heteroatoms. The zero-order valence-electron chi connectivity index (χ0n) is 13.6. The first-order valence-corrected chi connectivity index (χ1v) is 8.25. The predicted octanol–water partition coefficient (Wildman–Crippen LogP) is 2.33. The van der Waals surface area contributed by atoms with Crippen molar-refractivity contribution in [3.63, 3.8) is 0 Å². The minimum atomic E-state index is -0.981. The third kappa shape index (κ3) is 3.11. The molecule has 1 saturated heterocycles. The second-order valence-corrected chi connectivity index (χ2v) is 6.68. The summed E-state index contributed by atoms with van der Waals surface area (Å²) in [6.07, 6.45) is 0.308. The maximum atomic E-state index is 12.6. The molecular weight excluding hydrogens is 294 g/mol. The number of amides is 1. The predicted molar refractivity (Wildman–Crippen MR) is 85.2 cm³/mol. The third-order valence-corrected chi connectivity index (χ3v) is 4.81. The smallest absolute Gasteiger partial charge is 0.332 e. The van der Waals surface area contributed by atoms with E-state index in [1.807, 2.05) is 0 Å². The van der Waals surface area contributed by atoms with Crippen LogP contribution in [0.5, 0.6) is 0 Å².